The second kappa shape index (κ2) is 4.11. The van der Waals surface area contributed by atoms with Crippen LogP contribution in [0, 0.1) is 0 Å². The molecule has 3 aromatic heterocycles. The fourth-order valence-electron chi connectivity index (χ4n) is 1.69. The topological polar surface area (TPSA) is 91.5 Å². The monoisotopic (exact) mass is 245 g/mol. The van der Waals surface area contributed by atoms with Crippen LogP contribution in [0.3, 0.4) is 0 Å². The third-order valence-corrected chi connectivity index (χ3v) is 2.44. The van der Waals surface area contributed by atoms with Crippen molar-refractivity contribution >= 4 is 11.6 Å². The molecule has 2 N–H and O–H groups in total. The maximum atomic E-state index is 5.82. The number of fused-ring (bicyclic) bond motifs is 1. The van der Waals surface area contributed by atoms with Crippen LogP contribution in [-0.4, -0.2) is 26.7 Å². The molecule has 0 bridgehead atoms. The standard InChI is InChI=1S/C11H11N5O2/c1-17-6-7-5-9-14-10(8-3-2-4-18-8)15-16(9)11(12)13-7/h2-5H,6H2,1H3,(H2,12,13). The molecule has 0 saturated carbocycles. The summed E-state index contributed by atoms with van der Waals surface area (Å²) in [4.78, 5) is 8.51. The summed E-state index contributed by atoms with van der Waals surface area (Å²) in [6.07, 6.45) is 1.57. The lowest BCUT2D eigenvalue weighted by atomic mass is 10.4. The Hall–Kier alpha value is -2.41. The molecule has 0 aliphatic heterocycles. The van der Waals surface area contributed by atoms with E-state index in [1.807, 2.05) is 0 Å². The molecule has 3 rings (SSSR count). The first-order valence-corrected chi connectivity index (χ1v) is 5.33. The summed E-state index contributed by atoms with van der Waals surface area (Å²) >= 11 is 0. The second-order valence-electron chi connectivity index (χ2n) is 3.72. The van der Waals surface area contributed by atoms with Gasteiger partial charge in [0, 0.05) is 13.2 Å². The van der Waals surface area contributed by atoms with Gasteiger partial charge in [0.2, 0.25) is 11.8 Å². The van der Waals surface area contributed by atoms with Gasteiger partial charge < -0.3 is 14.9 Å². The van der Waals surface area contributed by atoms with Crippen LogP contribution in [0.5, 0.6) is 0 Å². The number of methoxy groups -OCH3 is 1. The zero-order chi connectivity index (χ0) is 12.5. The molecule has 7 heteroatoms. The van der Waals surface area contributed by atoms with E-state index in [0.29, 0.717) is 29.5 Å². The molecule has 0 atom stereocenters. The Labute approximate surface area is 102 Å². The molecular formula is C11H11N5O2. The SMILES string of the molecule is COCc1cc2nc(-c3ccco3)nn2c(N)n1. The number of ether oxygens (including phenoxy) is 1. The van der Waals surface area contributed by atoms with E-state index in [0.717, 1.165) is 0 Å². The molecule has 0 radical (unpaired) electrons. The number of nitrogen functional groups attached to an aromatic ring is 1. The first-order valence-electron chi connectivity index (χ1n) is 5.33. The molecule has 7 nitrogen and oxygen atoms in total. The summed E-state index contributed by atoms with van der Waals surface area (Å²) < 4.78 is 11.7. The number of hydrogen-bond donors (Lipinski definition) is 1. The highest BCUT2D eigenvalue weighted by molar-refractivity contribution is 5.54. The van der Waals surface area contributed by atoms with Crippen LogP contribution < -0.4 is 5.73 Å². The Morgan fingerprint density at radius 3 is 3.06 bits per heavy atom. The van der Waals surface area contributed by atoms with Crippen LogP contribution in [0.15, 0.2) is 28.9 Å². The lowest BCUT2D eigenvalue weighted by molar-refractivity contribution is 0.181. The van der Waals surface area contributed by atoms with E-state index in [-0.39, 0.29) is 5.95 Å². The third-order valence-electron chi connectivity index (χ3n) is 2.44. The number of aromatic nitrogens is 4. The molecule has 0 amide bonds. The Morgan fingerprint density at radius 2 is 2.33 bits per heavy atom. The number of rotatable bonds is 3. The fourth-order valence-corrected chi connectivity index (χ4v) is 1.69. The van der Waals surface area contributed by atoms with E-state index in [2.05, 4.69) is 15.1 Å². The van der Waals surface area contributed by atoms with Gasteiger partial charge >= 0.3 is 0 Å². The van der Waals surface area contributed by atoms with Gasteiger partial charge in [0.05, 0.1) is 18.6 Å². The Balaban J connectivity index is 2.14. The van der Waals surface area contributed by atoms with Crippen LogP contribution in [0.25, 0.3) is 17.2 Å². The van der Waals surface area contributed by atoms with E-state index in [1.165, 1.54) is 4.52 Å². The second-order valence-corrected chi connectivity index (χ2v) is 3.72. The van der Waals surface area contributed by atoms with Crippen molar-refractivity contribution in [2.75, 3.05) is 12.8 Å². The van der Waals surface area contributed by atoms with E-state index < -0.39 is 0 Å². The molecule has 0 unspecified atom stereocenters. The normalized spacial score (nSPS) is 11.2. The Bertz CT molecular complexity index is 674. The van der Waals surface area contributed by atoms with Gasteiger partial charge in [0.15, 0.2) is 11.4 Å². The summed E-state index contributed by atoms with van der Waals surface area (Å²) in [6.45, 7) is 0.379. The number of anilines is 1. The number of nitrogens with two attached hydrogens (primary N) is 1. The minimum Gasteiger partial charge on any atom is -0.461 e. The number of hydrogen-bond acceptors (Lipinski definition) is 6. The lowest BCUT2D eigenvalue weighted by Crippen LogP contribution is -2.05. The summed E-state index contributed by atoms with van der Waals surface area (Å²) in [5.74, 6) is 1.33. The highest BCUT2D eigenvalue weighted by Gasteiger charge is 2.12. The summed E-state index contributed by atoms with van der Waals surface area (Å²) in [5.41, 5.74) is 7.14. The maximum Gasteiger partial charge on any atom is 0.223 e. The summed E-state index contributed by atoms with van der Waals surface area (Å²) in [5, 5.41) is 4.24. The molecule has 0 saturated heterocycles. The van der Waals surface area contributed by atoms with Crippen LogP contribution in [0.2, 0.25) is 0 Å². The Kier molecular flexibility index (Phi) is 2.45. The number of nitrogens with zero attached hydrogens (tertiary/aromatic N) is 4. The first-order chi connectivity index (χ1) is 8.78. The van der Waals surface area contributed by atoms with Crippen LogP contribution in [-0.2, 0) is 11.3 Å². The van der Waals surface area contributed by atoms with Gasteiger partial charge in [-0.1, -0.05) is 0 Å². The van der Waals surface area contributed by atoms with Crippen LogP contribution in [0.4, 0.5) is 5.95 Å². The zero-order valence-corrected chi connectivity index (χ0v) is 9.70. The largest absolute Gasteiger partial charge is 0.461 e. The summed E-state index contributed by atoms with van der Waals surface area (Å²) in [6, 6.07) is 5.34. The van der Waals surface area contributed by atoms with Gasteiger partial charge in [0.25, 0.3) is 0 Å². The van der Waals surface area contributed by atoms with E-state index in [1.54, 1.807) is 31.6 Å². The van der Waals surface area contributed by atoms with Crippen molar-refractivity contribution in [3.8, 4) is 11.6 Å². The average molecular weight is 245 g/mol. The average Bonchev–Trinajstić information content (AvgIpc) is 2.97. The Morgan fingerprint density at radius 1 is 1.44 bits per heavy atom. The number of furan rings is 1. The van der Waals surface area contributed by atoms with Crippen molar-refractivity contribution < 1.29 is 9.15 Å². The van der Waals surface area contributed by atoms with Crippen LogP contribution >= 0.6 is 0 Å². The minimum atomic E-state index is 0.268. The van der Waals surface area contributed by atoms with Gasteiger partial charge in [-0.15, -0.1) is 5.10 Å². The molecule has 0 aliphatic rings. The van der Waals surface area contributed by atoms with Gasteiger partial charge in [-0.25, -0.2) is 9.97 Å². The predicted octanol–water partition coefficient (Wildman–Crippen LogP) is 1.11. The van der Waals surface area contributed by atoms with Gasteiger partial charge in [-0.05, 0) is 12.1 Å². The zero-order valence-electron chi connectivity index (χ0n) is 9.70. The molecule has 0 aromatic carbocycles. The third kappa shape index (κ3) is 1.70. The molecule has 0 spiro atoms. The molecule has 3 aromatic rings. The van der Waals surface area contributed by atoms with E-state index >= 15 is 0 Å². The van der Waals surface area contributed by atoms with E-state index in [4.69, 9.17) is 14.9 Å². The van der Waals surface area contributed by atoms with Crippen molar-refractivity contribution in [3.63, 3.8) is 0 Å². The molecule has 0 aliphatic carbocycles. The quantitative estimate of drug-likeness (QED) is 0.743. The molecule has 3 heterocycles. The smallest absolute Gasteiger partial charge is 0.223 e. The predicted molar refractivity (Wildman–Crippen MR) is 63.6 cm³/mol. The van der Waals surface area contributed by atoms with Crippen molar-refractivity contribution in [1.29, 1.82) is 0 Å². The van der Waals surface area contributed by atoms with Crippen molar-refractivity contribution in [2.45, 2.75) is 6.61 Å². The van der Waals surface area contributed by atoms with E-state index in [9.17, 15) is 0 Å². The van der Waals surface area contributed by atoms with Crippen LogP contribution in [0.1, 0.15) is 5.69 Å². The maximum absolute atomic E-state index is 5.82. The highest BCUT2D eigenvalue weighted by atomic mass is 16.5. The minimum absolute atomic E-state index is 0.268. The van der Waals surface area contributed by atoms with Crippen molar-refractivity contribution in [2.24, 2.45) is 0 Å². The van der Waals surface area contributed by atoms with Gasteiger partial charge in [0.1, 0.15) is 0 Å². The molecule has 92 valence electrons. The fraction of sp³-hybridized carbons (Fsp3) is 0.182. The highest BCUT2D eigenvalue weighted by Crippen LogP contribution is 2.18. The molecule has 0 fully saturated rings. The first kappa shape index (κ1) is 10.7. The summed E-state index contributed by atoms with van der Waals surface area (Å²) in [7, 11) is 1.60. The van der Waals surface area contributed by atoms with Crippen molar-refractivity contribution in [1.82, 2.24) is 19.6 Å². The van der Waals surface area contributed by atoms with Gasteiger partial charge in [-0.2, -0.15) is 4.52 Å². The molecular weight excluding hydrogens is 234 g/mol. The van der Waals surface area contributed by atoms with Crippen molar-refractivity contribution in [3.05, 3.63) is 30.2 Å². The molecule has 18 heavy (non-hydrogen) atoms. The lowest BCUT2D eigenvalue weighted by Gasteiger charge is -2.01. The van der Waals surface area contributed by atoms with Gasteiger partial charge in [-0.3, -0.25) is 0 Å².